The fourth-order valence-corrected chi connectivity index (χ4v) is 8.88. The summed E-state index contributed by atoms with van der Waals surface area (Å²) in [5.74, 6) is 3.04. The highest BCUT2D eigenvalue weighted by Crippen LogP contribution is 2.46. The van der Waals surface area contributed by atoms with Crippen molar-refractivity contribution in [1.29, 1.82) is 0 Å². The van der Waals surface area contributed by atoms with Gasteiger partial charge < -0.3 is 18.9 Å². The predicted molar refractivity (Wildman–Crippen MR) is 201 cm³/mol. The van der Waals surface area contributed by atoms with Gasteiger partial charge in [-0.05, 0) is 117 Å². The molecule has 1 unspecified atom stereocenters. The minimum Gasteiger partial charge on any atom is -0.493 e. The molecular formula is C43H56ClNO5. The van der Waals surface area contributed by atoms with Gasteiger partial charge in [-0.25, -0.2) is 0 Å². The largest absolute Gasteiger partial charge is 0.493 e. The number of esters is 1. The van der Waals surface area contributed by atoms with Crippen molar-refractivity contribution in [3.8, 4) is 28.4 Å². The number of hydrogen-bond acceptors (Lipinski definition) is 6. The smallest absolute Gasteiger partial charge is 0.310 e. The number of carbonyl (C=O) groups is 1. The Morgan fingerprint density at radius 1 is 0.960 bits per heavy atom. The average molecular weight is 702 g/mol. The summed E-state index contributed by atoms with van der Waals surface area (Å²) in [6.07, 6.45) is 11.7. The van der Waals surface area contributed by atoms with Crippen molar-refractivity contribution in [3.63, 3.8) is 0 Å². The number of rotatable bonds is 15. The SMILES string of the molecule is CCOc1cc(O[C@H]2CCc3c(-c4cccc(OCCCCCC5CCCC5(C)C)c4C)cccc32)c(Cl)cc1CN1CC[C@@H](C(=O)OC)C1. The Morgan fingerprint density at radius 2 is 1.78 bits per heavy atom. The second kappa shape index (κ2) is 16.4. The zero-order chi connectivity index (χ0) is 35.3. The van der Waals surface area contributed by atoms with E-state index in [1.165, 1.54) is 73.5 Å². The maximum Gasteiger partial charge on any atom is 0.310 e. The van der Waals surface area contributed by atoms with Crippen LogP contribution >= 0.6 is 11.6 Å². The molecule has 2 fully saturated rings. The van der Waals surface area contributed by atoms with Crippen LogP contribution in [0.4, 0.5) is 0 Å². The third-order valence-electron chi connectivity index (χ3n) is 11.6. The van der Waals surface area contributed by atoms with Gasteiger partial charge in [0.05, 0.1) is 31.3 Å². The molecule has 0 bridgehead atoms. The lowest BCUT2D eigenvalue weighted by atomic mass is 9.79. The summed E-state index contributed by atoms with van der Waals surface area (Å²) in [7, 11) is 1.45. The van der Waals surface area contributed by atoms with E-state index in [4.69, 9.17) is 30.5 Å². The van der Waals surface area contributed by atoms with E-state index in [1.54, 1.807) is 0 Å². The van der Waals surface area contributed by atoms with E-state index in [1.807, 2.05) is 19.1 Å². The number of nitrogens with zero attached hydrogens (tertiary/aromatic N) is 1. The van der Waals surface area contributed by atoms with Crippen molar-refractivity contribution in [2.75, 3.05) is 33.4 Å². The highest BCUT2D eigenvalue weighted by atomic mass is 35.5. The molecule has 0 radical (unpaired) electrons. The molecule has 1 aliphatic heterocycles. The number of fused-ring (bicyclic) bond motifs is 1. The number of unbranched alkanes of at least 4 members (excludes halogenated alkanes) is 2. The number of methoxy groups -OCH3 is 1. The summed E-state index contributed by atoms with van der Waals surface area (Å²) in [6, 6.07) is 16.9. The number of likely N-dealkylation sites (tertiary alicyclic amines) is 1. The molecule has 3 aliphatic rings. The van der Waals surface area contributed by atoms with E-state index in [0.29, 0.717) is 35.9 Å². The zero-order valence-electron chi connectivity index (χ0n) is 30.8. The minimum absolute atomic E-state index is 0.0892. The molecule has 270 valence electrons. The van der Waals surface area contributed by atoms with Gasteiger partial charge in [-0.15, -0.1) is 0 Å². The van der Waals surface area contributed by atoms with Crippen molar-refractivity contribution < 1.29 is 23.7 Å². The average Bonchev–Trinajstić information content (AvgIpc) is 3.83. The van der Waals surface area contributed by atoms with Crippen molar-refractivity contribution in [2.24, 2.45) is 17.3 Å². The van der Waals surface area contributed by atoms with Gasteiger partial charge in [0.25, 0.3) is 0 Å². The molecule has 1 heterocycles. The fraction of sp³-hybridized carbons (Fsp3) is 0.558. The molecule has 3 aromatic rings. The van der Waals surface area contributed by atoms with Crippen molar-refractivity contribution in [1.82, 2.24) is 4.90 Å². The third-order valence-corrected chi connectivity index (χ3v) is 11.9. The normalized spacial score (nSPS) is 21.3. The lowest BCUT2D eigenvalue weighted by Gasteiger charge is -2.26. The molecule has 1 saturated carbocycles. The molecule has 3 aromatic carbocycles. The molecule has 3 atom stereocenters. The molecule has 0 aromatic heterocycles. The summed E-state index contributed by atoms with van der Waals surface area (Å²) >= 11 is 6.88. The van der Waals surface area contributed by atoms with Crippen LogP contribution in [0.25, 0.3) is 11.1 Å². The predicted octanol–water partition coefficient (Wildman–Crippen LogP) is 10.5. The van der Waals surface area contributed by atoms with E-state index in [-0.39, 0.29) is 18.0 Å². The number of benzene rings is 3. The summed E-state index contributed by atoms with van der Waals surface area (Å²) in [4.78, 5) is 14.3. The first-order valence-electron chi connectivity index (χ1n) is 18.9. The highest BCUT2D eigenvalue weighted by Gasteiger charge is 2.34. The van der Waals surface area contributed by atoms with Crippen LogP contribution in [-0.2, 0) is 22.5 Å². The van der Waals surface area contributed by atoms with Crippen molar-refractivity contribution in [3.05, 3.63) is 75.8 Å². The van der Waals surface area contributed by atoms with Gasteiger partial charge in [0.2, 0.25) is 0 Å². The van der Waals surface area contributed by atoms with Gasteiger partial charge in [-0.1, -0.05) is 75.0 Å². The molecule has 0 spiro atoms. The van der Waals surface area contributed by atoms with Gasteiger partial charge in [0.1, 0.15) is 23.4 Å². The first kappa shape index (κ1) is 36.6. The van der Waals surface area contributed by atoms with Gasteiger partial charge in [-0.2, -0.15) is 0 Å². The maximum absolute atomic E-state index is 12.1. The summed E-state index contributed by atoms with van der Waals surface area (Å²) in [5, 5.41) is 0.569. The lowest BCUT2D eigenvalue weighted by Crippen LogP contribution is -2.24. The zero-order valence-corrected chi connectivity index (χ0v) is 31.6. The monoisotopic (exact) mass is 701 g/mol. The molecule has 6 nitrogen and oxygen atoms in total. The van der Waals surface area contributed by atoms with E-state index >= 15 is 0 Å². The van der Waals surface area contributed by atoms with E-state index < -0.39 is 0 Å². The second-order valence-electron chi connectivity index (χ2n) is 15.3. The molecular weight excluding hydrogens is 646 g/mol. The van der Waals surface area contributed by atoms with Crippen LogP contribution in [0.1, 0.15) is 107 Å². The number of halogens is 1. The second-order valence-corrected chi connectivity index (χ2v) is 15.7. The Bertz CT molecular complexity index is 1640. The first-order chi connectivity index (χ1) is 24.2. The van der Waals surface area contributed by atoms with Gasteiger partial charge in [-0.3, -0.25) is 9.69 Å². The Kier molecular flexibility index (Phi) is 12.0. The van der Waals surface area contributed by atoms with E-state index in [2.05, 4.69) is 62.1 Å². The topological polar surface area (TPSA) is 57.2 Å². The maximum atomic E-state index is 12.1. The fourth-order valence-electron chi connectivity index (χ4n) is 8.65. The van der Waals surface area contributed by atoms with Crippen LogP contribution in [0.5, 0.6) is 17.2 Å². The van der Waals surface area contributed by atoms with Crippen LogP contribution in [0, 0.1) is 24.2 Å². The Hall–Kier alpha value is -3.22. The summed E-state index contributed by atoms with van der Waals surface area (Å²) in [5.41, 5.74) is 7.73. The lowest BCUT2D eigenvalue weighted by molar-refractivity contribution is -0.144. The van der Waals surface area contributed by atoms with Crippen LogP contribution in [0.2, 0.25) is 5.02 Å². The van der Waals surface area contributed by atoms with E-state index in [0.717, 1.165) is 61.8 Å². The van der Waals surface area contributed by atoms with E-state index in [9.17, 15) is 4.79 Å². The molecule has 0 amide bonds. The summed E-state index contributed by atoms with van der Waals surface area (Å²) in [6.45, 7) is 12.5. The summed E-state index contributed by atoms with van der Waals surface area (Å²) < 4.78 is 24.1. The minimum atomic E-state index is -0.143. The Balaban J connectivity index is 1.10. The molecule has 1 saturated heterocycles. The van der Waals surface area contributed by atoms with Crippen LogP contribution < -0.4 is 14.2 Å². The molecule has 6 rings (SSSR count). The van der Waals surface area contributed by atoms with Crippen LogP contribution in [-0.4, -0.2) is 44.3 Å². The quantitative estimate of drug-likeness (QED) is 0.116. The van der Waals surface area contributed by atoms with Gasteiger partial charge in [0.15, 0.2) is 0 Å². The van der Waals surface area contributed by atoms with Crippen molar-refractivity contribution in [2.45, 2.75) is 105 Å². The molecule has 7 heteroatoms. The third kappa shape index (κ3) is 8.29. The number of carbonyl (C=O) groups excluding carboxylic acids is 1. The Labute approximate surface area is 304 Å². The Morgan fingerprint density at radius 3 is 2.56 bits per heavy atom. The van der Waals surface area contributed by atoms with Crippen LogP contribution in [0.15, 0.2) is 48.5 Å². The van der Waals surface area contributed by atoms with Gasteiger partial charge in [0, 0.05) is 24.7 Å². The standard InChI is InChI=1S/C43H56ClNO5/c1-6-48-40-26-41(37(44)25-31(40)28-45-23-21-30(27-45)42(46)47-5)50-39-20-19-35-34(16-10-17-36(35)39)33-15-11-18-38(29(33)2)49-24-9-7-8-13-32-14-12-22-43(32,3)4/h10-11,15-18,25-26,30,32,39H,6-9,12-14,19-24,27-28H2,1-5H3/t30-,32?,39+/m1/s1. The van der Waals surface area contributed by atoms with Gasteiger partial charge >= 0.3 is 5.97 Å². The highest BCUT2D eigenvalue weighted by molar-refractivity contribution is 6.32. The first-order valence-corrected chi connectivity index (χ1v) is 19.3. The number of ether oxygens (including phenoxy) is 4. The molecule has 2 aliphatic carbocycles. The molecule has 0 N–H and O–H groups in total. The van der Waals surface area contributed by atoms with Crippen molar-refractivity contribution >= 4 is 17.6 Å². The number of hydrogen-bond donors (Lipinski definition) is 0. The molecule has 50 heavy (non-hydrogen) atoms. The van der Waals surface area contributed by atoms with Crippen LogP contribution in [0.3, 0.4) is 0 Å².